The molecule has 1 fully saturated rings. The molecule has 3 nitrogen and oxygen atoms in total. The molecule has 0 aromatic heterocycles. The number of ether oxygens (including phenoxy) is 1. The first-order valence-electron chi connectivity index (χ1n) is 5.00. The van der Waals surface area contributed by atoms with Crippen LogP contribution in [-0.4, -0.2) is 37.0 Å². The van der Waals surface area contributed by atoms with E-state index < -0.39 is 0 Å². The monoisotopic (exact) mass is 187 g/mol. The van der Waals surface area contributed by atoms with Crippen LogP contribution < -0.4 is 5.32 Å². The Balaban J connectivity index is 2.37. The van der Waals surface area contributed by atoms with Gasteiger partial charge in [0.15, 0.2) is 0 Å². The Bertz CT molecular complexity index is 159. The number of aliphatic hydroxyl groups is 1. The highest BCUT2D eigenvalue weighted by Gasteiger charge is 2.41. The fourth-order valence-electron chi connectivity index (χ4n) is 1.87. The first-order chi connectivity index (χ1) is 6.12. The third-order valence-corrected chi connectivity index (χ3v) is 2.80. The summed E-state index contributed by atoms with van der Waals surface area (Å²) in [6, 6.07) is 0.308. The Kier molecular flexibility index (Phi) is 3.71. The summed E-state index contributed by atoms with van der Waals surface area (Å²) < 4.78 is 5.05. The molecule has 0 amide bonds. The van der Waals surface area contributed by atoms with Crippen LogP contribution in [0.25, 0.3) is 0 Å². The maximum absolute atomic E-state index is 9.31. The summed E-state index contributed by atoms with van der Waals surface area (Å²) in [6.07, 6.45) is 2.48. The minimum Gasteiger partial charge on any atom is -0.394 e. The van der Waals surface area contributed by atoms with E-state index in [1.807, 2.05) is 0 Å². The molecule has 1 aliphatic carbocycles. The third kappa shape index (κ3) is 2.93. The molecule has 0 saturated heterocycles. The standard InChI is InChI=1S/C10H21NO2/c1-8(6-13-3)11-10(2,7-12)9-4-5-9/h8-9,11-12H,4-7H2,1-3H3. The van der Waals surface area contributed by atoms with Gasteiger partial charge in [-0.05, 0) is 32.6 Å². The molecule has 1 rings (SSSR count). The van der Waals surface area contributed by atoms with Crippen LogP contribution in [-0.2, 0) is 4.74 Å². The lowest BCUT2D eigenvalue weighted by molar-refractivity contribution is 0.110. The van der Waals surface area contributed by atoms with Crippen molar-refractivity contribution in [3.63, 3.8) is 0 Å². The second-order valence-corrected chi connectivity index (χ2v) is 4.35. The molecule has 2 unspecified atom stereocenters. The van der Waals surface area contributed by atoms with Crippen LogP contribution in [0.3, 0.4) is 0 Å². The van der Waals surface area contributed by atoms with Crippen LogP contribution in [0.4, 0.5) is 0 Å². The minimum absolute atomic E-state index is 0.0993. The predicted molar refractivity (Wildman–Crippen MR) is 52.7 cm³/mol. The van der Waals surface area contributed by atoms with Crippen molar-refractivity contribution in [3.8, 4) is 0 Å². The van der Waals surface area contributed by atoms with Crippen molar-refractivity contribution < 1.29 is 9.84 Å². The van der Waals surface area contributed by atoms with E-state index in [1.165, 1.54) is 12.8 Å². The Morgan fingerprint density at radius 1 is 1.62 bits per heavy atom. The maximum Gasteiger partial charge on any atom is 0.0613 e. The van der Waals surface area contributed by atoms with Crippen molar-refractivity contribution in [1.29, 1.82) is 0 Å². The molecule has 0 spiro atoms. The fourth-order valence-corrected chi connectivity index (χ4v) is 1.87. The number of hydrogen-bond donors (Lipinski definition) is 2. The van der Waals surface area contributed by atoms with Crippen LogP contribution in [0.2, 0.25) is 0 Å². The maximum atomic E-state index is 9.31. The highest BCUT2D eigenvalue weighted by molar-refractivity contribution is 4.98. The van der Waals surface area contributed by atoms with Crippen LogP contribution in [0.5, 0.6) is 0 Å². The van der Waals surface area contributed by atoms with Crippen molar-refractivity contribution in [2.75, 3.05) is 20.3 Å². The van der Waals surface area contributed by atoms with Crippen molar-refractivity contribution >= 4 is 0 Å². The Labute approximate surface area is 80.5 Å². The Hall–Kier alpha value is -0.120. The summed E-state index contributed by atoms with van der Waals surface area (Å²) in [4.78, 5) is 0. The molecule has 0 radical (unpaired) electrons. The van der Waals surface area contributed by atoms with E-state index in [9.17, 15) is 5.11 Å². The van der Waals surface area contributed by atoms with Crippen LogP contribution >= 0.6 is 0 Å². The number of aliphatic hydroxyl groups excluding tert-OH is 1. The normalized spacial score (nSPS) is 24.0. The second-order valence-electron chi connectivity index (χ2n) is 4.35. The zero-order chi connectivity index (χ0) is 9.90. The van der Waals surface area contributed by atoms with Gasteiger partial charge in [-0.1, -0.05) is 0 Å². The summed E-state index contributed by atoms with van der Waals surface area (Å²) >= 11 is 0. The molecule has 0 aromatic rings. The smallest absolute Gasteiger partial charge is 0.0613 e. The number of hydrogen-bond acceptors (Lipinski definition) is 3. The van der Waals surface area contributed by atoms with E-state index in [0.717, 1.165) is 0 Å². The molecule has 1 aliphatic rings. The highest BCUT2D eigenvalue weighted by Crippen LogP contribution is 2.39. The summed E-state index contributed by atoms with van der Waals surface area (Å²) in [5.74, 6) is 0.650. The van der Waals surface area contributed by atoms with Crippen molar-refractivity contribution in [2.45, 2.75) is 38.3 Å². The lowest BCUT2D eigenvalue weighted by atomic mass is 9.96. The van der Waals surface area contributed by atoms with E-state index in [-0.39, 0.29) is 12.1 Å². The van der Waals surface area contributed by atoms with E-state index in [2.05, 4.69) is 19.2 Å². The molecule has 0 heterocycles. The number of methoxy groups -OCH3 is 1. The fraction of sp³-hybridized carbons (Fsp3) is 1.00. The van der Waals surface area contributed by atoms with Crippen molar-refractivity contribution in [1.82, 2.24) is 5.32 Å². The van der Waals surface area contributed by atoms with E-state index in [0.29, 0.717) is 18.6 Å². The molecule has 0 aromatic carbocycles. The molecule has 2 atom stereocenters. The Morgan fingerprint density at radius 3 is 2.62 bits per heavy atom. The molecular formula is C10H21NO2. The SMILES string of the molecule is COCC(C)NC(C)(CO)C1CC1. The van der Waals surface area contributed by atoms with E-state index >= 15 is 0 Å². The molecule has 13 heavy (non-hydrogen) atoms. The lowest BCUT2D eigenvalue weighted by Crippen LogP contribution is -2.52. The van der Waals surface area contributed by atoms with Crippen LogP contribution in [0.1, 0.15) is 26.7 Å². The van der Waals surface area contributed by atoms with Gasteiger partial charge in [-0.3, -0.25) is 0 Å². The summed E-state index contributed by atoms with van der Waals surface area (Å²) in [6.45, 7) is 5.09. The molecule has 3 heteroatoms. The second kappa shape index (κ2) is 4.40. The third-order valence-electron chi connectivity index (χ3n) is 2.80. The van der Waals surface area contributed by atoms with Gasteiger partial charge in [0.1, 0.15) is 0 Å². The van der Waals surface area contributed by atoms with Gasteiger partial charge >= 0.3 is 0 Å². The molecule has 0 aliphatic heterocycles. The largest absolute Gasteiger partial charge is 0.394 e. The Morgan fingerprint density at radius 2 is 2.23 bits per heavy atom. The number of nitrogens with one attached hydrogen (secondary N) is 1. The van der Waals surface area contributed by atoms with E-state index in [1.54, 1.807) is 7.11 Å². The molecule has 1 saturated carbocycles. The zero-order valence-electron chi connectivity index (χ0n) is 8.84. The van der Waals surface area contributed by atoms with Crippen LogP contribution in [0.15, 0.2) is 0 Å². The van der Waals surface area contributed by atoms with Gasteiger partial charge in [0.05, 0.1) is 13.2 Å². The molecule has 0 bridgehead atoms. The highest BCUT2D eigenvalue weighted by atomic mass is 16.5. The lowest BCUT2D eigenvalue weighted by Gasteiger charge is -2.32. The van der Waals surface area contributed by atoms with Gasteiger partial charge in [-0.15, -0.1) is 0 Å². The van der Waals surface area contributed by atoms with Gasteiger partial charge in [0.25, 0.3) is 0 Å². The average Bonchev–Trinajstić information content (AvgIpc) is 2.86. The topological polar surface area (TPSA) is 41.5 Å². The van der Waals surface area contributed by atoms with Crippen molar-refractivity contribution in [3.05, 3.63) is 0 Å². The zero-order valence-corrected chi connectivity index (χ0v) is 8.84. The first kappa shape index (κ1) is 11.0. The molecular weight excluding hydrogens is 166 g/mol. The average molecular weight is 187 g/mol. The van der Waals surface area contributed by atoms with Gasteiger partial charge in [0.2, 0.25) is 0 Å². The predicted octanol–water partition coefficient (Wildman–Crippen LogP) is 0.772. The molecule has 2 N–H and O–H groups in total. The van der Waals surface area contributed by atoms with Gasteiger partial charge in [-0.25, -0.2) is 0 Å². The summed E-state index contributed by atoms with van der Waals surface area (Å²) in [5.41, 5.74) is -0.0993. The van der Waals surface area contributed by atoms with Gasteiger partial charge in [0, 0.05) is 18.7 Å². The van der Waals surface area contributed by atoms with E-state index in [4.69, 9.17) is 4.74 Å². The summed E-state index contributed by atoms with van der Waals surface area (Å²) in [5, 5.41) is 12.7. The molecule has 78 valence electrons. The van der Waals surface area contributed by atoms with Gasteiger partial charge < -0.3 is 15.2 Å². The quantitative estimate of drug-likeness (QED) is 0.645. The van der Waals surface area contributed by atoms with Gasteiger partial charge in [-0.2, -0.15) is 0 Å². The first-order valence-corrected chi connectivity index (χ1v) is 5.00. The summed E-state index contributed by atoms with van der Waals surface area (Å²) in [7, 11) is 1.70. The minimum atomic E-state index is -0.0993. The van der Waals surface area contributed by atoms with Crippen LogP contribution in [0, 0.1) is 5.92 Å². The van der Waals surface area contributed by atoms with Crippen molar-refractivity contribution in [2.24, 2.45) is 5.92 Å². The number of rotatable bonds is 6.